The lowest BCUT2D eigenvalue weighted by atomic mass is 10.2. The predicted octanol–water partition coefficient (Wildman–Crippen LogP) is 2.94. The van der Waals surface area contributed by atoms with Crippen LogP contribution in [0.3, 0.4) is 0 Å². The first-order valence-corrected chi connectivity index (χ1v) is 10.9. The Labute approximate surface area is 178 Å². The maximum Gasteiger partial charge on any atom is 0.271 e. The molecule has 1 saturated carbocycles. The highest BCUT2D eigenvalue weighted by molar-refractivity contribution is 7.14. The van der Waals surface area contributed by atoms with Crippen molar-refractivity contribution in [3.8, 4) is 5.69 Å². The number of nitrogens with zero attached hydrogens (tertiary/aromatic N) is 5. The number of hydrogen-bond acceptors (Lipinski definition) is 6. The minimum Gasteiger partial charge on any atom is -0.367 e. The molecule has 154 valence electrons. The van der Waals surface area contributed by atoms with E-state index in [1.807, 2.05) is 12.1 Å². The lowest BCUT2D eigenvalue weighted by Crippen LogP contribution is -2.37. The molecule has 0 aromatic carbocycles. The van der Waals surface area contributed by atoms with Crippen LogP contribution in [0.25, 0.3) is 5.69 Å². The van der Waals surface area contributed by atoms with Gasteiger partial charge in [0.25, 0.3) is 5.56 Å². The van der Waals surface area contributed by atoms with Gasteiger partial charge < -0.3 is 15.5 Å². The quantitative estimate of drug-likeness (QED) is 0.674. The van der Waals surface area contributed by atoms with E-state index in [-0.39, 0.29) is 5.56 Å². The van der Waals surface area contributed by atoms with Crippen LogP contribution in [0.5, 0.6) is 0 Å². The van der Waals surface area contributed by atoms with E-state index in [1.165, 1.54) is 21.3 Å². The molecule has 4 heterocycles. The highest BCUT2D eigenvalue weighted by atomic mass is 32.1. The first-order valence-electron chi connectivity index (χ1n) is 10.1. The second-order valence-electron chi connectivity index (χ2n) is 7.69. The number of aliphatic imine (C=N–C) groups is 1. The molecule has 3 aromatic rings. The molecule has 3 aromatic heterocycles. The molecule has 9 heteroatoms. The molecule has 2 atom stereocenters. The standard InChI is InChI=1S/C21H23N7OS/c1-27-13-14-8-10-30-20(14)26-21(27)25-16-5-4-15(11-16)24-18-7-6-17(12-22-18)28-19(29)3-2-9-23-28/h2-3,6-10,12,15-16H,4-5,11,13H2,1H3,(H,22,24)(H,25,26)/t15-,16-/m0/s1. The highest BCUT2D eigenvalue weighted by Crippen LogP contribution is 2.30. The molecule has 1 fully saturated rings. The van der Waals surface area contributed by atoms with Gasteiger partial charge in [0.2, 0.25) is 0 Å². The zero-order valence-corrected chi connectivity index (χ0v) is 17.5. The molecular formula is C21H23N7OS. The Morgan fingerprint density at radius 1 is 1.27 bits per heavy atom. The summed E-state index contributed by atoms with van der Waals surface area (Å²) in [4.78, 5) is 23.5. The first kappa shape index (κ1) is 18.8. The van der Waals surface area contributed by atoms with Gasteiger partial charge in [0.05, 0.1) is 22.9 Å². The van der Waals surface area contributed by atoms with Crippen LogP contribution in [-0.2, 0) is 6.54 Å². The Balaban J connectivity index is 1.22. The van der Waals surface area contributed by atoms with Crippen LogP contribution >= 0.6 is 11.3 Å². The van der Waals surface area contributed by atoms with Crippen molar-refractivity contribution in [2.75, 3.05) is 17.7 Å². The third-order valence-electron chi connectivity index (χ3n) is 5.51. The van der Waals surface area contributed by atoms with E-state index in [0.29, 0.717) is 17.8 Å². The summed E-state index contributed by atoms with van der Waals surface area (Å²) < 4.78 is 1.34. The average molecular weight is 422 g/mol. The van der Waals surface area contributed by atoms with Gasteiger partial charge in [0, 0.05) is 37.5 Å². The van der Waals surface area contributed by atoms with Crippen LogP contribution in [-0.4, -0.2) is 44.8 Å². The number of hydrogen-bond donors (Lipinski definition) is 2. The van der Waals surface area contributed by atoms with Crippen molar-refractivity contribution in [1.29, 1.82) is 0 Å². The summed E-state index contributed by atoms with van der Waals surface area (Å²) >= 11 is 1.73. The van der Waals surface area contributed by atoms with Crippen molar-refractivity contribution in [3.05, 3.63) is 64.0 Å². The third-order valence-corrected chi connectivity index (χ3v) is 6.38. The molecule has 0 spiro atoms. The van der Waals surface area contributed by atoms with E-state index in [4.69, 9.17) is 4.99 Å². The van der Waals surface area contributed by atoms with E-state index in [2.05, 4.69) is 44.1 Å². The Morgan fingerprint density at radius 2 is 2.20 bits per heavy atom. The number of nitrogens with one attached hydrogen (secondary N) is 2. The molecule has 0 bridgehead atoms. The largest absolute Gasteiger partial charge is 0.367 e. The Hall–Kier alpha value is -3.20. The summed E-state index contributed by atoms with van der Waals surface area (Å²) in [6, 6.07) is 9.65. The summed E-state index contributed by atoms with van der Waals surface area (Å²) in [7, 11) is 2.08. The number of fused-ring (bicyclic) bond motifs is 1. The van der Waals surface area contributed by atoms with Gasteiger partial charge in [-0.25, -0.2) is 9.98 Å². The van der Waals surface area contributed by atoms with Gasteiger partial charge in [-0.3, -0.25) is 4.79 Å². The van der Waals surface area contributed by atoms with Crippen molar-refractivity contribution >= 4 is 28.1 Å². The highest BCUT2D eigenvalue weighted by Gasteiger charge is 2.27. The van der Waals surface area contributed by atoms with Gasteiger partial charge in [0.15, 0.2) is 5.96 Å². The Bertz CT molecular complexity index is 1120. The number of aromatic nitrogens is 3. The summed E-state index contributed by atoms with van der Waals surface area (Å²) in [6.45, 7) is 0.898. The zero-order chi connectivity index (χ0) is 20.5. The molecule has 1 aliphatic carbocycles. The lowest BCUT2D eigenvalue weighted by molar-refractivity contribution is 0.485. The van der Waals surface area contributed by atoms with Gasteiger partial charge in [-0.15, -0.1) is 11.3 Å². The topological polar surface area (TPSA) is 87.4 Å². The third kappa shape index (κ3) is 3.80. The average Bonchev–Trinajstić information content (AvgIpc) is 3.38. The fourth-order valence-electron chi connectivity index (χ4n) is 3.96. The number of thiophene rings is 1. The Kier molecular flexibility index (Phi) is 4.96. The second-order valence-corrected chi connectivity index (χ2v) is 8.61. The Morgan fingerprint density at radius 3 is 3.03 bits per heavy atom. The van der Waals surface area contributed by atoms with E-state index >= 15 is 0 Å². The molecule has 2 N–H and O–H groups in total. The van der Waals surface area contributed by atoms with Crippen molar-refractivity contribution in [2.24, 2.45) is 4.99 Å². The predicted molar refractivity (Wildman–Crippen MR) is 120 cm³/mol. The van der Waals surface area contributed by atoms with E-state index in [0.717, 1.165) is 37.6 Å². The second kappa shape index (κ2) is 7.91. The zero-order valence-electron chi connectivity index (χ0n) is 16.7. The van der Waals surface area contributed by atoms with Gasteiger partial charge in [-0.05, 0) is 48.9 Å². The number of pyridine rings is 1. The van der Waals surface area contributed by atoms with Gasteiger partial charge in [-0.1, -0.05) is 0 Å². The van der Waals surface area contributed by atoms with Crippen molar-refractivity contribution in [1.82, 2.24) is 19.7 Å². The van der Waals surface area contributed by atoms with Gasteiger partial charge in [-0.2, -0.15) is 9.78 Å². The molecular weight excluding hydrogens is 398 g/mol. The summed E-state index contributed by atoms with van der Waals surface area (Å²) in [5, 5.41) is 14.4. The minimum absolute atomic E-state index is 0.172. The molecule has 1 aliphatic heterocycles. The summed E-state index contributed by atoms with van der Waals surface area (Å²) in [6.07, 6.45) is 6.34. The number of guanidine groups is 1. The normalized spacial score (nSPS) is 22.0. The number of anilines is 2. The monoisotopic (exact) mass is 421 g/mol. The molecule has 8 nitrogen and oxygen atoms in total. The number of rotatable bonds is 4. The van der Waals surface area contributed by atoms with Crippen LogP contribution in [0.4, 0.5) is 10.8 Å². The van der Waals surface area contributed by atoms with Crippen LogP contribution < -0.4 is 16.2 Å². The van der Waals surface area contributed by atoms with Crippen molar-refractivity contribution in [2.45, 2.75) is 37.9 Å². The molecule has 0 amide bonds. The summed E-state index contributed by atoms with van der Waals surface area (Å²) in [5.74, 6) is 1.76. The molecule has 5 rings (SSSR count). The van der Waals surface area contributed by atoms with E-state index < -0.39 is 0 Å². The fourth-order valence-corrected chi connectivity index (χ4v) is 4.77. The maximum atomic E-state index is 11.9. The van der Waals surface area contributed by atoms with Gasteiger partial charge in [0.1, 0.15) is 5.82 Å². The van der Waals surface area contributed by atoms with Gasteiger partial charge >= 0.3 is 0 Å². The SMILES string of the molecule is CN1Cc2ccsc2NC1=N[C@H]1CC[C@H](Nc2ccc(-n3ncccc3=O)cn2)C1. The maximum absolute atomic E-state index is 11.9. The first-order chi connectivity index (χ1) is 14.7. The molecule has 0 radical (unpaired) electrons. The fraction of sp³-hybridized carbons (Fsp3) is 0.333. The van der Waals surface area contributed by atoms with E-state index in [9.17, 15) is 4.79 Å². The molecule has 30 heavy (non-hydrogen) atoms. The van der Waals surface area contributed by atoms with Crippen LogP contribution in [0.15, 0.2) is 57.9 Å². The smallest absolute Gasteiger partial charge is 0.271 e. The summed E-state index contributed by atoms with van der Waals surface area (Å²) in [5.41, 5.74) is 1.81. The minimum atomic E-state index is -0.172. The molecule has 2 aliphatic rings. The molecule has 0 unspecified atom stereocenters. The molecule has 0 saturated heterocycles. The van der Waals surface area contributed by atoms with Crippen LogP contribution in [0, 0.1) is 0 Å². The van der Waals surface area contributed by atoms with E-state index in [1.54, 1.807) is 29.8 Å². The van der Waals surface area contributed by atoms with Crippen LogP contribution in [0.1, 0.15) is 24.8 Å². The van der Waals surface area contributed by atoms with Crippen LogP contribution in [0.2, 0.25) is 0 Å². The van der Waals surface area contributed by atoms with Crippen molar-refractivity contribution in [3.63, 3.8) is 0 Å². The lowest BCUT2D eigenvalue weighted by Gasteiger charge is -2.28. The van der Waals surface area contributed by atoms with Crippen molar-refractivity contribution < 1.29 is 0 Å².